The number of hydrogen-bond donors (Lipinski definition) is 0. The minimum Gasteiger partial charge on any atom is -0.494 e. The highest BCUT2D eigenvalue weighted by Gasteiger charge is 2.20. The molecule has 1 aliphatic carbocycles. The van der Waals surface area contributed by atoms with Gasteiger partial charge in [-0.2, -0.15) is 0 Å². The molecule has 0 N–H and O–H groups in total. The quantitative estimate of drug-likeness (QED) is 0.791. The van der Waals surface area contributed by atoms with Crippen LogP contribution in [0.2, 0.25) is 5.02 Å². The molecule has 0 atom stereocenters. The molecule has 3 heteroatoms. The smallest absolute Gasteiger partial charge is 0.145 e. The molecule has 94 valence electrons. The van der Waals surface area contributed by atoms with E-state index < -0.39 is 0 Å². The maximum Gasteiger partial charge on any atom is 0.145 e. The topological polar surface area (TPSA) is 22.1 Å². The average Bonchev–Trinajstić information content (AvgIpc) is 2.92. The van der Waals surface area contributed by atoms with E-state index in [0.717, 1.165) is 27.4 Å². The minimum absolute atomic E-state index is 0.566. The third-order valence-corrected chi connectivity index (χ3v) is 4.08. The molecule has 1 aromatic carbocycles. The van der Waals surface area contributed by atoms with Gasteiger partial charge in [0.2, 0.25) is 0 Å². The van der Waals surface area contributed by atoms with Crippen LogP contribution in [0, 0.1) is 0 Å². The Bertz CT molecular complexity index is 576. The molecule has 1 heterocycles. The Hall–Kier alpha value is -1.28. The number of nitrogens with zero attached hydrogens (tertiary/aromatic N) is 1. The number of aromatic nitrogens is 1. The van der Waals surface area contributed by atoms with Crippen LogP contribution in [0.5, 0.6) is 5.75 Å². The van der Waals surface area contributed by atoms with Gasteiger partial charge in [-0.1, -0.05) is 36.6 Å². The number of halogens is 1. The molecule has 0 radical (unpaired) electrons. The fourth-order valence-corrected chi connectivity index (χ4v) is 3.06. The second kappa shape index (κ2) is 4.77. The van der Waals surface area contributed by atoms with Crippen LogP contribution in [-0.2, 0) is 0 Å². The standard InChI is InChI=1S/C15H16ClNO/c1-18-14-8-4-7-11-12(16)9-13(17-15(11)14)10-5-2-3-6-10/h4,7-10H,2-3,5-6H2,1H3. The second-order valence-electron chi connectivity index (χ2n) is 4.87. The summed E-state index contributed by atoms with van der Waals surface area (Å²) >= 11 is 6.37. The van der Waals surface area contributed by atoms with E-state index in [9.17, 15) is 0 Å². The molecule has 0 saturated heterocycles. The van der Waals surface area contributed by atoms with Crippen LogP contribution in [-0.4, -0.2) is 12.1 Å². The Morgan fingerprint density at radius 2 is 2.06 bits per heavy atom. The molecule has 1 fully saturated rings. The Morgan fingerprint density at radius 1 is 1.28 bits per heavy atom. The van der Waals surface area contributed by atoms with Crippen LogP contribution in [0.4, 0.5) is 0 Å². The molecular weight excluding hydrogens is 246 g/mol. The first kappa shape index (κ1) is 11.8. The summed E-state index contributed by atoms with van der Waals surface area (Å²) in [4.78, 5) is 4.78. The molecule has 0 bridgehead atoms. The highest BCUT2D eigenvalue weighted by atomic mass is 35.5. The SMILES string of the molecule is COc1cccc2c(Cl)cc(C3CCCC3)nc12. The van der Waals surface area contributed by atoms with Gasteiger partial charge in [-0.3, -0.25) is 0 Å². The predicted octanol–water partition coefficient (Wildman–Crippen LogP) is 4.55. The molecule has 0 aliphatic heterocycles. The van der Waals surface area contributed by atoms with Gasteiger partial charge in [0.25, 0.3) is 0 Å². The van der Waals surface area contributed by atoms with Gasteiger partial charge in [0.05, 0.1) is 12.1 Å². The number of fused-ring (bicyclic) bond motifs is 1. The van der Waals surface area contributed by atoms with E-state index in [2.05, 4.69) is 0 Å². The Kier molecular flexibility index (Phi) is 3.13. The van der Waals surface area contributed by atoms with Gasteiger partial charge in [-0.25, -0.2) is 4.98 Å². The molecule has 2 nitrogen and oxygen atoms in total. The van der Waals surface area contributed by atoms with Crippen LogP contribution in [0.15, 0.2) is 24.3 Å². The van der Waals surface area contributed by atoms with E-state index in [4.69, 9.17) is 21.3 Å². The lowest BCUT2D eigenvalue weighted by atomic mass is 10.0. The Labute approximate surface area is 112 Å². The maximum atomic E-state index is 6.37. The monoisotopic (exact) mass is 261 g/mol. The van der Waals surface area contributed by atoms with Crippen molar-refractivity contribution in [2.24, 2.45) is 0 Å². The third-order valence-electron chi connectivity index (χ3n) is 3.77. The van der Waals surface area contributed by atoms with Crippen molar-refractivity contribution in [2.75, 3.05) is 7.11 Å². The van der Waals surface area contributed by atoms with Crippen LogP contribution in [0.3, 0.4) is 0 Å². The number of rotatable bonds is 2. The van der Waals surface area contributed by atoms with Gasteiger partial charge >= 0.3 is 0 Å². The average molecular weight is 262 g/mol. The fourth-order valence-electron chi connectivity index (χ4n) is 2.79. The lowest BCUT2D eigenvalue weighted by molar-refractivity contribution is 0.418. The summed E-state index contributed by atoms with van der Waals surface area (Å²) in [6.07, 6.45) is 5.05. The van der Waals surface area contributed by atoms with Crippen LogP contribution in [0.1, 0.15) is 37.3 Å². The van der Waals surface area contributed by atoms with Crippen molar-refractivity contribution in [2.45, 2.75) is 31.6 Å². The molecule has 1 aliphatic rings. The largest absolute Gasteiger partial charge is 0.494 e. The number of methoxy groups -OCH3 is 1. The van der Waals surface area contributed by atoms with Crippen molar-refractivity contribution >= 4 is 22.5 Å². The summed E-state index contributed by atoms with van der Waals surface area (Å²) in [5.74, 6) is 1.37. The van der Waals surface area contributed by atoms with E-state index in [0.29, 0.717) is 5.92 Å². The summed E-state index contributed by atoms with van der Waals surface area (Å²) in [7, 11) is 1.67. The van der Waals surface area contributed by atoms with E-state index in [1.165, 1.54) is 25.7 Å². The van der Waals surface area contributed by atoms with Gasteiger partial charge in [-0.05, 0) is 25.0 Å². The van der Waals surface area contributed by atoms with Crippen molar-refractivity contribution in [3.05, 3.63) is 35.0 Å². The fraction of sp³-hybridized carbons (Fsp3) is 0.400. The normalized spacial score (nSPS) is 16.3. The molecule has 3 rings (SSSR count). The van der Waals surface area contributed by atoms with Crippen LogP contribution < -0.4 is 4.74 Å². The number of benzene rings is 1. The van der Waals surface area contributed by atoms with Gasteiger partial charge in [-0.15, -0.1) is 0 Å². The van der Waals surface area contributed by atoms with Gasteiger partial charge in [0.15, 0.2) is 0 Å². The molecule has 2 aromatic rings. The molecular formula is C15H16ClNO. The summed E-state index contributed by atoms with van der Waals surface area (Å²) < 4.78 is 5.38. The zero-order valence-corrected chi connectivity index (χ0v) is 11.2. The lowest BCUT2D eigenvalue weighted by Gasteiger charge is -2.12. The lowest BCUT2D eigenvalue weighted by Crippen LogP contribution is -1.98. The molecule has 0 amide bonds. The zero-order valence-electron chi connectivity index (χ0n) is 10.4. The zero-order chi connectivity index (χ0) is 12.5. The summed E-state index contributed by atoms with van der Waals surface area (Å²) in [5.41, 5.74) is 2.00. The van der Waals surface area contributed by atoms with Crippen molar-refractivity contribution in [3.63, 3.8) is 0 Å². The summed E-state index contributed by atoms with van der Waals surface area (Å²) in [5, 5.41) is 1.75. The third kappa shape index (κ3) is 1.95. The number of para-hydroxylation sites is 1. The van der Waals surface area contributed by atoms with Crippen LogP contribution >= 0.6 is 11.6 Å². The predicted molar refractivity (Wildman–Crippen MR) is 74.5 cm³/mol. The maximum absolute atomic E-state index is 6.37. The molecule has 0 spiro atoms. The molecule has 0 unspecified atom stereocenters. The summed E-state index contributed by atoms with van der Waals surface area (Å²) in [6, 6.07) is 7.90. The Morgan fingerprint density at radius 3 is 2.78 bits per heavy atom. The molecule has 18 heavy (non-hydrogen) atoms. The molecule has 1 saturated carbocycles. The first-order valence-electron chi connectivity index (χ1n) is 6.43. The van der Waals surface area contributed by atoms with Gasteiger partial charge in [0.1, 0.15) is 11.3 Å². The van der Waals surface area contributed by atoms with Crippen molar-refractivity contribution in [1.82, 2.24) is 4.98 Å². The van der Waals surface area contributed by atoms with Crippen LogP contribution in [0.25, 0.3) is 10.9 Å². The van der Waals surface area contributed by atoms with Crippen molar-refractivity contribution in [3.8, 4) is 5.75 Å². The summed E-state index contributed by atoms with van der Waals surface area (Å²) in [6.45, 7) is 0. The van der Waals surface area contributed by atoms with E-state index in [1.807, 2.05) is 24.3 Å². The number of ether oxygens (including phenoxy) is 1. The van der Waals surface area contributed by atoms with E-state index in [-0.39, 0.29) is 0 Å². The van der Waals surface area contributed by atoms with Gasteiger partial charge in [0, 0.05) is 17.0 Å². The number of hydrogen-bond acceptors (Lipinski definition) is 2. The first-order valence-corrected chi connectivity index (χ1v) is 6.80. The molecule has 1 aromatic heterocycles. The minimum atomic E-state index is 0.566. The number of pyridine rings is 1. The first-order chi connectivity index (χ1) is 8.79. The van der Waals surface area contributed by atoms with Crippen molar-refractivity contribution < 1.29 is 4.74 Å². The highest BCUT2D eigenvalue weighted by molar-refractivity contribution is 6.35. The van der Waals surface area contributed by atoms with Crippen molar-refractivity contribution in [1.29, 1.82) is 0 Å². The van der Waals surface area contributed by atoms with Gasteiger partial charge < -0.3 is 4.74 Å². The Balaban J connectivity index is 2.18. The second-order valence-corrected chi connectivity index (χ2v) is 5.27. The van der Waals surface area contributed by atoms with E-state index in [1.54, 1.807) is 7.11 Å². The highest BCUT2D eigenvalue weighted by Crippen LogP contribution is 2.37. The van der Waals surface area contributed by atoms with E-state index >= 15 is 0 Å².